The van der Waals surface area contributed by atoms with Gasteiger partial charge >= 0.3 is 0 Å². The molecule has 0 spiro atoms. The van der Waals surface area contributed by atoms with E-state index >= 15 is 0 Å². The number of rotatable bonds is 3. The van der Waals surface area contributed by atoms with Gasteiger partial charge in [0.1, 0.15) is 17.0 Å². The topological polar surface area (TPSA) is 191 Å². The number of nitrogens with zero attached hydrogens (tertiary/aromatic N) is 2. The van der Waals surface area contributed by atoms with Crippen LogP contribution >= 0.6 is 0 Å². The summed E-state index contributed by atoms with van der Waals surface area (Å²) in [4.78, 5) is 42.6. The van der Waals surface area contributed by atoms with Crippen LogP contribution in [-0.4, -0.2) is 88.2 Å². The number of aromatic hydroxyl groups is 1. The zero-order chi connectivity index (χ0) is 25.5. The first-order chi connectivity index (χ1) is 15.7. The van der Waals surface area contributed by atoms with E-state index in [9.17, 15) is 34.8 Å². The van der Waals surface area contributed by atoms with E-state index in [0.29, 0.717) is 11.3 Å². The third-order valence-electron chi connectivity index (χ3n) is 7.84. The summed E-state index contributed by atoms with van der Waals surface area (Å²) in [7, 11) is 6.48. The highest BCUT2D eigenvalue weighted by Gasteiger charge is 2.71. The minimum atomic E-state index is -2.68. The number of carbonyl (C=O) groups is 3. The molecule has 0 radical (unpaired) electrons. The number of phenolic OH excluding ortho intramolecular Hbond substituents is 1. The molecule has 0 saturated heterocycles. The third kappa shape index (κ3) is 2.71. The fourth-order valence-corrected chi connectivity index (χ4v) is 6.27. The fourth-order valence-electron chi connectivity index (χ4n) is 6.27. The van der Waals surface area contributed by atoms with Crippen molar-refractivity contribution in [1.29, 1.82) is 0 Å². The number of hydrogen-bond donors (Lipinski definition) is 6. The molecule has 0 aromatic heterocycles. The molecule has 2 fully saturated rings. The number of aliphatic hydroxyl groups is 3. The SMILES string of the molecule is CN(C)c1cc(N)c(O)c2c1CC1CC3C(O)(C(=O)CC(O)C3(C(N)=O)N(C)C)C(=O)C1=C2O. The van der Waals surface area contributed by atoms with Crippen molar-refractivity contribution in [1.82, 2.24) is 4.90 Å². The Morgan fingerprint density at radius 3 is 2.29 bits per heavy atom. The Morgan fingerprint density at radius 2 is 1.76 bits per heavy atom. The number of nitrogen functional groups attached to an aromatic ring is 1. The molecule has 5 unspecified atom stereocenters. The number of amides is 1. The van der Waals surface area contributed by atoms with Crippen LogP contribution in [0.15, 0.2) is 11.6 Å². The zero-order valence-corrected chi connectivity index (χ0v) is 19.5. The second-order valence-corrected chi connectivity index (χ2v) is 9.86. The van der Waals surface area contributed by atoms with Crippen LogP contribution in [-0.2, 0) is 20.8 Å². The van der Waals surface area contributed by atoms with Gasteiger partial charge in [0.2, 0.25) is 11.7 Å². The van der Waals surface area contributed by atoms with Crippen molar-refractivity contribution < 1.29 is 34.8 Å². The van der Waals surface area contributed by atoms with Gasteiger partial charge < -0.3 is 36.8 Å². The van der Waals surface area contributed by atoms with Gasteiger partial charge in [0.25, 0.3) is 0 Å². The average Bonchev–Trinajstić information content (AvgIpc) is 2.72. The average molecular weight is 475 g/mol. The molecule has 3 aliphatic rings. The minimum absolute atomic E-state index is 0.00915. The first-order valence-corrected chi connectivity index (χ1v) is 10.9. The first-order valence-electron chi connectivity index (χ1n) is 10.9. The Hall–Kier alpha value is -3.15. The highest BCUT2D eigenvalue weighted by Crippen LogP contribution is 2.55. The molecule has 0 bridgehead atoms. The molecule has 184 valence electrons. The molecule has 0 aliphatic heterocycles. The van der Waals surface area contributed by atoms with E-state index in [2.05, 4.69) is 0 Å². The van der Waals surface area contributed by atoms with Crippen LogP contribution in [0, 0.1) is 11.8 Å². The Bertz CT molecular complexity index is 1160. The summed E-state index contributed by atoms with van der Waals surface area (Å²) >= 11 is 0. The van der Waals surface area contributed by atoms with Crippen LogP contribution in [0.25, 0.3) is 5.76 Å². The van der Waals surface area contributed by atoms with Crippen LogP contribution in [0.4, 0.5) is 11.4 Å². The lowest BCUT2D eigenvalue weighted by molar-refractivity contribution is -0.193. The Labute approximate surface area is 196 Å². The smallest absolute Gasteiger partial charge is 0.241 e. The lowest BCUT2D eigenvalue weighted by atomic mass is 9.52. The van der Waals surface area contributed by atoms with Gasteiger partial charge in [-0.05, 0) is 44.5 Å². The monoisotopic (exact) mass is 474 g/mol. The van der Waals surface area contributed by atoms with Gasteiger partial charge in [0, 0.05) is 37.7 Å². The molecular weight excluding hydrogens is 444 g/mol. The number of likely N-dealkylation sites (N-methyl/N-ethyl adjacent to an activating group) is 1. The van der Waals surface area contributed by atoms with Crippen molar-refractivity contribution in [3.8, 4) is 5.75 Å². The van der Waals surface area contributed by atoms with E-state index in [4.69, 9.17) is 11.5 Å². The number of carbonyl (C=O) groups excluding carboxylic acids is 3. The maximum Gasteiger partial charge on any atom is 0.241 e. The number of hydrogen-bond acceptors (Lipinski definition) is 10. The van der Waals surface area contributed by atoms with Crippen LogP contribution in [0.1, 0.15) is 24.0 Å². The molecule has 34 heavy (non-hydrogen) atoms. The molecule has 1 aromatic carbocycles. The van der Waals surface area contributed by atoms with E-state index in [-0.39, 0.29) is 29.7 Å². The van der Waals surface area contributed by atoms with Gasteiger partial charge in [-0.3, -0.25) is 19.3 Å². The quantitative estimate of drug-likeness (QED) is 0.178. The molecular formula is C23H30N4O7. The minimum Gasteiger partial charge on any atom is -0.507 e. The maximum absolute atomic E-state index is 13.7. The number of primary amides is 1. The Kier molecular flexibility index (Phi) is 5.24. The van der Waals surface area contributed by atoms with E-state index in [1.807, 2.05) is 0 Å². The van der Waals surface area contributed by atoms with Crippen LogP contribution in [0.5, 0.6) is 5.75 Å². The lowest BCUT2D eigenvalue weighted by Crippen LogP contribution is -2.78. The summed E-state index contributed by atoms with van der Waals surface area (Å²) in [6.07, 6.45) is -2.15. The summed E-state index contributed by atoms with van der Waals surface area (Å²) < 4.78 is 0. The largest absolute Gasteiger partial charge is 0.507 e. The normalized spacial score (nSPS) is 32.9. The number of ketones is 2. The van der Waals surface area contributed by atoms with Gasteiger partial charge in [-0.1, -0.05) is 0 Å². The Morgan fingerprint density at radius 1 is 1.15 bits per heavy atom. The molecule has 2 saturated carbocycles. The number of Topliss-reactive ketones (excluding diaryl/α,β-unsaturated/α-hetero) is 2. The molecule has 3 aliphatic carbocycles. The van der Waals surface area contributed by atoms with E-state index in [0.717, 1.165) is 0 Å². The Balaban J connectivity index is 2.00. The zero-order valence-electron chi connectivity index (χ0n) is 19.5. The van der Waals surface area contributed by atoms with E-state index in [1.165, 1.54) is 19.0 Å². The second-order valence-electron chi connectivity index (χ2n) is 9.86. The van der Waals surface area contributed by atoms with Gasteiger partial charge in [-0.25, -0.2) is 0 Å². The van der Waals surface area contributed by atoms with Gasteiger partial charge in [-0.2, -0.15) is 0 Å². The van der Waals surface area contributed by atoms with Crippen molar-refractivity contribution in [3.63, 3.8) is 0 Å². The van der Waals surface area contributed by atoms with Crippen LogP contribution in [0.2, 0.25) is 0 Å². The number of anilines is 2. The number of nitrogens with two attached hydrogens (primary N) is 2. The number of fused-ring (bicyclic) bond motifs is 3. The number of phenols is 1. The van der Waals surface area contributed by atoms with Crippen LogP contribution < -0.4 is 16.4 Å². The van der Waals surface area contributed by atoms with E-state index in [1.54, 1.807) is 25.1 Å². The molecule has 8 N–H and O–H groups in total. The molecule has 1 amide bonds. The second kappa shape index (κ2) is 7.42. The summed E-state index contributed by atoms with van der Waals surface area (Å²) in [6, 6.07) is 1.55. The van der Waals surface area contributed by atoms with Crippen molar-refractivity contribution in [2.24, 2.45) is 17.6 Å². The van der Waals surface area contributed by atoms with Crippen molar-refractivity contribution in [2.75, 3.05) is 38.8 Å². The first kappa shape index (κ1) is 24.0. The molecule has 4 rings (SSSR count). The highest BCUT2D eigenvalue weighted by atomic mass is 16.3. The summed E-state index contributed by atoms with van der Waals surface area (Å²) in [5.41, 5.74) is 7.98. The fraction of sp³-hybridized carbons (Fsp3) is 0.522. The van der Waals surface area contributed by atoms with Crippen molar-refractivity contribution in [3.05, 3.63) is 22.8 Å². The van der Waals surface area contributed by atoms with Crippen molar-refractivity contribution >= 4 is 34.6 Å². The van der Waals surface area contributed by atoms with Gasteiger partial charge in [-0.15, -0.1) is 0 Å². The molecule has 1 aromatic rings. The maximum atomic E-state index is 13.7. The number of benzene rings is 1. The highest BCUT2D eigenvalue weighted by molar-refractivity contribution is 6.22. The van der Waals surface area contributed by atoms with Crippen molar-refractivity contribution in [2.45, 2.75) is 36.5 Å². The molecule has 0 heterocycles. The summed E-state index contributed by atoms with van der Waals surface area (Å²) in [6.45, 7) is 0. The molecule has 5 atom stereocenters. The molecule has 11 nitrogen and oxygen atoms in total. The summed E-state index contributed by atoms with van der Waals surface area (Å²) in [5.74, 6) is -6.03. The van der Waals surface area contributed by atoms with Crippen LogP contribution in [0.3, 0.4) is 0 Å². The number of aliphatic hydroxyl groups excluding tert-OH is 2. The predicted octanol–water partition coefficient (Wildman–Crippen LogP) is -1.08. The van der Waals surface area contributed by atoms with Gasteiger partial charge in [0.05, 0.1) is 17.4 Å². The standard InChI is InChI=1S/C23H30N4O7/c1-26(2)12-7-11(24)18(30)17-10(12)5-9-6-13-22(21(25)33,27(3)4)14(28)8-15(29)23(13,34)20(32)16(9)19(17)31/h7,9,13-14,28,30-31,34H,5-6,8,24H2,1-4H3,(H2,25,33). The molecule has 11 heteroatoms. The lowest BCUT2D eigenvalue weighted by Gasteiger charge is -2.57. The van der Waals surface area contributed by atoms with Gasteiger partial charge in [0.15, 0.2) is 11.4 Å². The third-order valence-corrected chi connectivity index (χ3v) is 7.84. The summed E-state index contributed by atoms with van der Waals surface area (Å²) in [5, 5.41) is 44.2. The predicted molar refractivity (Wildman–Crippen MR) is 123 cm³/mol. The van der Waals surface area contributed by atoms with E-state index < -0.39 is 64.5 Å².